The number of halogens is 3. The van der Waals surface area contributed by atoms with Gasteiger partial charge in [-0.25, -0.2) is 9.98 Å². The second-order valence-electron chi connectivity index (χ2n) is 7.54. The molecule has 0 bridgehead atoms. The molecule has 1 aromatic heterocycles. The summed E-state index contributed by atoms with van der Waals surface area (Å²) in [6, 6.07) is 9.73. The second kappa shape index (κ2) is 12.7. The van der Waals surface area contributed by atoms with Gasteiger partial charge in [-0.05, 0) is 50.2 Å². The highest BCUT2D eigenvalue weighted by atomic mass is 127. The maximum Gasteiger partial charge on any atom is 0.192 e. The normalized spacial score (nSPS) is 15.9. The topological polar surface area (TPSA) is 55.8 Å². The number of nitrogens with one attached hydrogen (secondary N) is 2. The van der Waals surface area contributed by atoms with E-state index < -0.39 is 0 Å². The van der Waals surface area contributed by atoms with Gasteiger partial charge in [0.25, 0.3) is 0 Å². The number of nitrogens with zero attached hydrogens (tertiary/aromatic N) is 4. The van der Waals surface area contributed by atoms with Gasteiger partial charge in [-0.2, -0.15) is 0 Å². The molecular weight excluding hydrogens is 546 g/mol. The van der Waals surface area contributed by atoms with Crippen LogP contribution in [0.4, 0.5) is 5.82 Å². The molecule has 0 aliphatic carbocycles. The molecule has 0 amide bonds. The number of likely N-dealkylation sites (N-methyl/N-ethyl adjacent to an activating group) is 1. The standard InChI is InChI=1S/C22H30Cl2N6.HI/c1-4-25-22(28-16(2)19-7-6-18(23)13-20(19)24)27-15-17-5-8-21(26-14-17)30-11-9-29(3)10-12-30;/h5-8,13-14,16H,4,9-12,15H2,1-3H3,(H2,25,27,28);1H. The number of aliphatic imine (C=N–C) groups is 1. The molecule has 1 aliphatic rings. The van der Waals surface area contributed by atoms with E-state index in [1.807, 2.05) is 32.2 Å². The first-order chi connectivity index (χ1) is 14.5. The monoisotopic (exact) mass is 576 g/mol. The van der Waals surface area contributed by atoms with E-state index in [2.05, 4.69) is 44.6 Å². The van der Waals surface area contributed by atoms with Crippen LogP contribution in [0.25, 0.3) is 0 Å². The number of benzene rings is 1. The fourth-order valence-corrected chi connectivity index (χ4v) is 3.93. The Kier molecular flexibility index (Phi) is 10.6. The minimum atomic E-state index is -0.00898. The van der Waals surface area contributed by atoms with E-state index in [0.29, 0.717) is 16.6 Å². The van der Waals surface area contributed by atoms with Crippen molar-refractivity contribution in [1.82, 2.24) is 20.5 Å². The van der Waals surface area contributed by atoms with Crippen LogP contribution in [0.3, 0.4) is 0 Å². The van der Waals surface area contributed by atoms with Crippen molar-refractivity contribution in [1.29, 1.82) is 0 Å². The molecule has 1 aromatic carbocycles. The van der Waals surface area contributed by atoms with Crippen LogP contribution in [0.15, 0.2) is 41.5 Å². The Morgan fingerprint density at radius 3 is 2.52 bits per heavy atom. The fraction of sp³-hybridized carbons (Fsp3) is 0.455. The fourth-order valence-electron chi connectivity index (χ4n) is 3.36. The lowest BCUT2D eigenvalue weighted by Crippen LogP contribution is -2.44. The summed E-state index contributed by atoms with van der Waals surface area (Å²) >= 11 is 12.4. The van der Waals surface area contributed by atoms with Gasteiger partial charge in [-0.1, -0.05) is 35.3 Å². The van der Waals surface area contributed by atoms with E-state index in [9.17, 15) is 0 Å². The Bertz CT molecular complexity index is 854. The van der Waals surface area contributed by atoms with Gasteiger partial charge in [0.1, 0.15) is 5.82 Å². The van der Waals surface area contributed by atoms with Gasteiger partial charge in [0.05, 0.1) is 12.6 Å². The van der Waals surface area contributed by atoms with E-state index in [0.717, 1.165) is 55.6 Å². The molecule has 2 heterocycles. The third-order valence-corrected chi connectivity index (χ3v) is 5.75. The van der Waals surface area contributed by atoms with E-state index in [4.69, 9.17) is 28.2 Å². The SMILES string of the molecule is CCNC(=NCc1ccc(N2CCN(C)CC2)nc1)NC(C)c1ccc(Cl)cc1Cl.I. The van der Waals surface area contributed by atoms with Gasteiger partial charge in [-0.3, -0.25) is 0 Å². The van der Waals surface area contributed by atoms with Crippen molar-refractivity contribution in [2.24, 2.45) is 4.99 Å². The van der Waals surface area contributed by atoms with Crippen LogP contribution in [0, 0.1) is 0 Å². The maximum absolute atomic E-state index is 6.35. The molecule has 1 atom stereocenters. The van der Waals surface area contributed by atoms with Gasteiger partial charge in [0.15, 0.2) is 5.96 Å². The third kappa shape index (κ3) is 7.66. The minimum absolute atomic E-state index is 0. The zero-order valence-corrected chi connectivity index (χ0v) is 22.1. The summed E-state index contributed by atoms with van der Waals surface area (Å²) < 4.78 is 0. The summed E-state index contributed by atoms with van der Waals surface area (Å²) in [7, 11) is 2.16. The van der Waals surface area contributed by atoms with Crippen LogP contribution < -0.4 is 15.5 Å². The Hall–Kier alpha value is -1.29. The first kappa shape index (κ1) is 26.0. The minimum Gasteiger partial charge on any atom is -0.357 e. The Morgan fingerprint density at radius 1 is 1.16 bits per heavy atom. The summed E-state index contributed by atoms with van der Waals surface area (Å²) in [5.41, 5.74) is 2.05. The average Bonchev–Trinajstić information content (AvgIpc) is 2.73. The predicted octanol–water partition coefficient (Wildman–Crippen LogP) is 4.57. The van der Waals surface area contributed by atoms with Crippen LogP contribution >= 0.6 is 47.2 Å². The highest BCUT2D eigenvalue weighted by Gasteiger charge is 2.15. The molecule has 31 heavy (non-hydrogen) atoms. The lowest BCUT2D eigenvalue weighted by atomic mass is 10.1. The van der Waals surface area contributed by atoms with Crippen LogP contribution in [0.2, 0.25) is 10.0 Å². The van der Waals surface area contributed by atoms with Gasteiger partial charge in [0.2, 0.25) is 0 Å². The third-order valence-electron chi connectivity index (χ3n) is 5.18. The number of rotatable bonds is 6. The predicted molar refractivity (Wildman–Crippen MR) is 142 cm³/mol. The molecular formula is C22H31Cl2IN6. The van der Waals surface area contributed by atoms with Crippen molar-refractivity contribution in [2.45, 2.75) is 26.4 Å². The number of aromatic nitrogens is 1. The Labute approximate surface area is 212 Å². The van der Waals surface area contributed by atoms with E-state index >= 15 is 0 Å². The zero-order valence-electron chi connectivity index (χ0n) is 18.2. The molecule has 0 spiro atoms. The lowest BCUT2D eigenvalue weighted by Gasteiger charge is -2.33. The summed E-state index contributed by atoms with van der Waals surface area (Å²) in [6.07, 6.45) is 1.92. The summed E-state index contributed by atoms with van der Waals surface area (Å²) in [4.78, 5) is 14.0. The Morgan fingerprint density at radius 2 is 1.90 bits per heavy atom. The van der Waals surface area contributed by atoms with Gasteiger partial charge in [0, 0.05) is 49.0 Å². The summed E-state index contributed by atoms with van der Waals surface area (Å²) in [5, 5.41) is 7.97. The van der Waals surface area contributed by atoms with Gasteiger partial charge >= 0.3 is 0 Å². The molecule has 6 nitrogen and oxygen atoms in total. The van der Waals surface area contributed by atoms with Gasteiger partial charge in [-0.15, -0.1) is 24.0 Å². The number of anilines is 1. The molecule has 1 unspecified atom stereocenters. The second-order valence-corrected chi connectivity index (χ2v) is 8.39. The van der Waals surface area contributed by atoms with Crippen molar-refractivity contribution in [3.63, 3.8) is 0 Å². The van der Waals surface area contributed by atoms with Crippen LogP contribution in [0.1, 0.15) is 31.0 Å². The molecule has 2 aromatic rings. The molecule has 3 rings (SSSR count). The van der Waals surface area contributed by atoms with Crippen LogP contribution in [-0.2, 0) is 6.54 Å². The molecule has 2 N–H and O–H groups in total. The lowest BCUT2D eigenvalue weighted by molar-refractivity contribution is 0.312. The zero-order chi connectivity index (χ0) is 21.5. The van der Waals surface area contributed by atoms with E-state index in [1.54, 1.807) is 6.07 Å². The molecule has 9 heteroatoms. The number of guanidine groups is 1. The quantitative estimate of drug-likeness (QED) is 0.300. The van der Waals surface area contributed by atoms with Crippen molar-refractivity contribution in [3.05, 3.63) is 57.7 Å². The molecule has 0 saturated carbocycles. The average molecular weight is 577 g/mol. The maximum atomic E-state index is 6.35. The molecule has 1 saturated heterocycles. The first-order valence-corrected chi connectivity index (χ1v) is 11.1. The van der Waals surface area contributed by atoms with E-state index in [1.165, 1.54) is 0 Å². The van der Waals surface area contributed by atoms with Crippen LogP contribution in [0.5, 0.6) is 0 Å². The molecule has 170 valence electrons. The molecule has 1 fully saturated rings. The number of hydrogen-bond acceptors (Lipinski definition) is 4. The molecule has 0 radical (unpaired) electrons. The van der Waals surface area contributed by atoms with Crippen LogP contribution in [-0.4, -0.2) is 55.6 Å². The smallest absolute Gasteiger partial charge is 0.192 e. The highest BCUT2D eigenvalue weighted by Crippen LogP contribution is 2.26. The summed E-state index contributed by atoms with van der Waals surface area (Å²) in [6.45, 7) is 9.58. The number of hydrogen-bond donors (Lipinski definition) is 2. The van der Waals surface area contributed by atoms with E-state index in [-0.39, 0.29) is 30.0 Å². The largest absolute Gasteiger partial charge is 0.357 e. The van der Waals surface area contributed by atoms with Gasteiger partial charge < -0.3 is 20.4 Å². The molecule has 1 aliphatic heterocycles. The summed E-state index contributed by atoms with van der Waals surface area (Å²) in [5.74, 6) is 1.77. The number of pyridine rings is 1. The van der Waals surface area contributed by atoms with Crippen molar-refractivity contribution >= 4 is 59.0 Å². The Balaban J connectivity index is 0.00000341. The first-order valence-electron chi connectivity index (χ1n) is 10.3. The van der Waals surface area contributed by atoms with Crippen molar-refractivity contribution < 1.29 is 0 Å². The van der Waals surface area contributed by atoms with Crippen molar-refractivity contribution in [3.8, 4) is 0 Å². The highest BCUT2D eigenvalue weighted by molar-refractivity contribution is 14.0. The van der Waals surface area contributed by atoms with Crippen molar-refractivity contribution in [2.75, 3.05) is 44.7 Å². The number of piperazine rings is 1.